The summed E-state index contributed by atoms with van der Waals surface area (Å²) in [5.41, 5.74) is 0.409. The van der Waals surface area contributed by atoms with Crippen LogP contribution < -0.4 is 5.32 Å². The van der Waals surface area contributed by atoms with Gasteiger partial charge in [0.15, 0.2) is 0 Å². The number of rotatable bonds is 4. The Kier molecular flexibility index (Phi) is 5.90. The van der Waals surface area contributed by atoms with E-state index in [0.29, 0.717) is 31.9 Å². The third-order valence-electron chi connectivity index (χ3n) is 4.14. The van der Waals surface area contributed by atoms with E-state index < -0.39 is 5.82 Å². The minimum atomic E-state index is -0.511. The van der Waals surface area contributed by atoms with Gasteiger partial charge in [0, 0.05) is 32.2 Å². The van der Waals surface area contributed by atoms with E-state index in [4.69, 9.17) is 5.26 Å². The molecule has 1 aromatic carbocycles. The molecular formula is C16H21FN4O2. The Morgan fingerprint density at radius 1 is 1.43 bits per heavy atom. The number of nitrogens with one attached hydrogen (secondary N) is 1. The third-order valence-corrected chi connectivity index (χ3v) is 4.14. The molecule has 1 heterocycles. The van der Waals surface area contributed by atoms with Crippen molar-refractivity contribution >= 4 is 11.7 Å². The summed E-state index contributed by atoms with van der Waals surface area (Å²) < 4.78 is 13.1. The molecule has 124 valence electrons. The summed E-state index contributed by atoms with van der Waals surface area (Å²) in [6.07, 6.45) is 0.865. The Morgan fingerprint density at radius 3 is 2.70 bits per heavy atom. The molecule has 7 heteroatoms. The van der Waals surface area contributed by atoms with Crippen LogP contribution in [0.3, 0.4) is 0 Å². The number of aliphatic hydroxyl groups is 1. The number of amides is 2. The number of carbonyl (C=O) groups excluding carboxylic acids is 1. The van der Waals surface area contributed by atoms with Gasteiger partial charge < -0.3 is 15.3 Å². The normalized spacial score (nSPS) is 16.7. The molecule has 1 aliphatic rings. The second-order valence-corrected chi connectivity index (χ2v) is 5.50. The quantitative estimate of drug-likeness (QED) is 0.883. The van der Waals surface area contributed by atoms with Gasteiger partial charge >= 0.3 is 6.03 Å². The van der Waals surface area contributed by atoms with Gasteiger partial charge in [0.2, 0.25) is 0 Å². The van der Waals surface area contributed by atoms with E-state index in [1.54, 1.807) is 4.90 Å². The summed E-state index contributed by atoms with van der Waals surface area (Å²) in [5.74, 6) is -0.511. The van der Waals surface area contributed by atoms with E-state index >= 15 is 0 Å². The lowest BCUT2D eigenvalue weighted by atomic mass is 10.1. The molecule has 0 radical (unpaired) electrons. The number of piperazine rings is 1. The maximum absolute atomic E-state index is 13.1. The fourth-order valence-corrected chi connectivity index (χ4v) is 2.71. The van der Waals surface area contributed by atoms with Crippen LogP contribution in [0.5, 0.6) is 0 Å². The fourth-order valence-electron chi connectivity index (χ4n) is 2.71. The number of urea groups is 1. The number of halogens is 1. The van der Waals surface area contributed by atoms with Crippen LogP contribution in [-0.2, 0) is 0 Å². The second-order valence-electron chi connectivity index (χ2n) is 5.50. The summed E-state index contributed by atoms with van der Waals surface area (Å²) in [5, 5.41) is 21.0. The van der Waals surface area contributed by atoms with E-state index in [2.05, 4.69) is 10.2 Å². The predicted octanol–water partition coefficient (Wildman–Crippen LogP) is 1.62. The highest BCUT2D eigenvalue weighted by molar-refractivity contribution is 5.90. The average molecular weight is 320 g/mol. The molecule has 1 fully saturated rings. The maximum Gasteiger partial charge on any atom is 0.321 e. The van der Waals surface area contributed by atoms with Crippen molar-refractivity contribution in [3.63, 3.8) is 0 Å². The monoisotopic (exact) mass is 320 g/mol. The first-order valence-corrected chi connectivity index (χ1v) is 7.69. The zero-order chi connectivity index (χ0) is 16.8. The summed E-state index contributed by atoms with van der Waals surface area (Å²) in [4.78, 5) is 16.1. The van der Waals surface area contributed by atoms with E-state index in [-0.39, 0.29) is 24.2 Å². The highest BCUT2D eigenvalue weighted by Crippen LogP contribution is 2.17. The molecule has 1 atom stereocenters. The molecule has 1 aliphatic heterocycles. The number of anilines is 1. The second kappa shape index (κ2) is 7.90. The number of hydrogen-bond acceptors (Lipinski definition) is 4. The number of hydrogen-bond donors (Lipinski definition) is 2. The standard InChI is InChI=1S/C16H21FN4O2/c1-2-14(11-22)20-5-7-21(8-6-20)16(23)19-15-4-3-13(17)9-12(15)10-18/h3-4,9,14,22H,2,5-8,11H2,1H3,(H,19,23). The molecule has 6 nitrogen and oxygen atoms in total. The molecule has 1 unspecified atom stereocenters. The van der Waals surface area contributed by atoms with Gasteiger partial charge in [-0.05, 0) is 24.6 Å². The van der Waals surface area contributed by atoms with Gasteiger partial charge in [0.25, 0.3) is 0 Å². The summed E-state index contributed by atoms with van der Waals surface area (Å²) >= 11 is 0. The van der Waals surface area contributed by atoms with Crippen molar-refractivity contribution in [1.29, 1.82) is 5.26 Å². The van der Waals surface area contributed by atoms with Crippen molar-refractivity contribution in [2.24, 2.45) is 0 Å². The number of benzene rings is 1. The third kappa shape index (κ3) is 4.18. The first kappa shape index (κ1) is 17.2. The van der Waals surface area contributed by atoms with Crippen LogP contribution in [0.2, 0.25) is 0 Å². The van der Waals surface area contributed by atoms with Crippen LogP contribution >= 0.6 is 0 Å². The number of nitriles is 1. The van der Waals surface area contributed by atoms with Gasteiger partial charge in [0.1, 0.15) is 11.9 Å². The lowest BCUT2D eigenvalue weighted by Gasteiger charge is -2.38. The Labute approximate surface area is 135 Å². The predicted molar refractivity (Wildman–Crippen MR) is 84.4 cm³/mol. The summed E-state index contributed by atoms with van der Waals surface area (Å²) in [6, 6.07) is 5.40. The summed E-state index contributed by atoms with van der Waals surface area (Å²) in [6.45, 7) is 4.63. The molecule has 2 amide bonds. The fraction of sp³-hybridized carbons (Fsp3) is 0.500. The zero-order valence-corrected chi connectivity index (χ0v) is 13.1. The summed E-state index contributed by atoms with van der Waals surface area (Å²) in [7, 11) is 0. The first-order chi connectivity index (χ1) is 11.1. The maximum atomic E-state index is 13.1. The van der Waals surface area contributed by atoms with Crippen molar-refractivity contribution in [2.45, 2.75) is 19.4 Å². The zero-order valence-electron chi connectivity index (χ0n) is 13.1. The van der Waals surface area contributed by atoms with Gasteiger partial charge in [-0.15, -0.1) is 0 Å². The molecule has 0 bridgehead atoms. The number of aliphatic hydroxyl groups excluding tert-OH is 1. The molecule has 0 aromatic heterocycles. The van der Waals surface area contributed by atoms with Crippen molar-refractivity contribution in [3.8, 4) is 6.07 Å². The van der Waals surface area contributed by atoms with Crippen molar-refractivity contribution in [2.75, 3.05) is 38.1 Å². The first-order valence-electron chi connectivity index (χ1n) is 7.69. The Hall–Kier alpha value is -2.17. The highest BCUT2D eigenvalue weighted by Gasteiger charge is 2.25. The molecule has 0 spiro atoms. The van der Waals surface area contributed by atoms with Crippen molar-refractivity contribution in [3.05, 3.63) is 29.6 Å². The minimum absolute atomic E-state index is 0.100. The molecule has 0 saturated carbocycles. The molecule has 2 N–H and O–H groups in total. The Morgan fingerprint density at radius 2 is 2.13 bits per heavy atom. The average Bonchev–Trinajstić information content (AvgIpc) is 2.58. The molecule has 1 aromatic rings. The minimum Gasteiger partial charge on any atom is -0.395 e. The Balaban J connectivity index is 1.95. The van der Waals surface area contributed by atoms with Gasteiger partial charge in [-0.25, -0.2) is 9.18 Å². The van der Waals surface area contributed by atoms with E-state index in [1.165, 1.54) is 12.1 Å². The van der Waals surface area contributed by atoms with Crippen LogP contribution in [0, 0.1) is 17.1 Å². The van der Waals surface area contributed by atoms with Gasteiger partial charge in [-0.1, -0.05) is 6.92 Å². The van der Waals surface area contributed by atoms with E-state index in [0.717, 1.165) is 12.5 Å². The molecule has 0 aliphatic carbocycles. The smallest absolute Gasteiger partial charge is 0.321 e. The van der Waals surface area contributed by atoms with Gasteiger partial charge in [0.05, 0.1) is 17.9 Å². The van der Waals surface area contributed by atoms with Crippen molar-refractivity contribution < 1.29 is 14.3 Å². The SMILES string of the molecule is CCC(CO)N1CCN(C(=O)Nc2ccc(F)cc2C#N)CC1. The molecule has 2 rings (SSSR count). The van der Waals surface area contributed by atoms with Crippen LogP contribution in [-0.4, -0.2) is 59.8 Å². The van der Waals surface area contributed by atoms with E-state index in [1.807, 2.05) is 13.0 Å². The van der Waals surface area contributed by atoms with Gasteiger partial charge in [-0.2, -0.15) is 5.26 Å². The van der Waals surface area contributed by atoms with Crippen LogP contribution in [0.1, 0.15) is 18.9 Å². The van der Waals surface area contributed by atoms with Crippen LogP contribution in [0.4, 0.5) is 14.9 Å². The number of nitrogens with zero attached hydrogens (tertiary/aromatic N) is 3. The van der Waals surface area contributed by atoms with Crippen LogP contribution in [0.15, 0.2) is 18.2 Å². The lowest BCUT2D eigenvalue weighted by Crippen LogP contribution is -2.53. The van der Waals surface area contributed by atoms with E-state index in [9.17, 15) is 14.3 Å². The lowest BCUT2D eigenvalue weighted by molar-refractivity contribution is 0.0766. The molecule has 23 heavy (non-hydrogen) atoms. The van der Waals surface area contributed by atoms with Gasteiger partial charge in [-0.3, -0.25) is 4.90 Å². The highest BCUT2D eigenvalue weighted by atomic mass is 19.1. The topological polar surface area (TPSA) is 79.6 Å². The molecule has 1 saturated heterocycles. The molecular weight excluding hydrogens is 299 g/mol. The Bertz CT molecular complexity index is 590. The largest absolute Gasteiger partial charge is 0.395 e. The number of carbonyl (C=O) groups is 1. The van der Waals surface area contributed by atoms with Crippen molar-refractivity contribution in [1.82, 2.24) is 9.80 Å². The van der Waals surface area contributed by atoms with Crippen LogP contribution in [0.25, 0.3) is 0 Å².